The van der Waals surface area contributed by atoms with Crippen molar-refractivity contribution in [3.05, 3.63) is 53.1 Å². The Morgan fingerprint density at radius 2 is 1.81 bits per heavy atom. The predicted molar refractivity (Wildman–Crippen MR) is 91.8 cm³/mol. The molecule has 1 unspecified atom stereocenters. The van der Waals surface area contributed by atoms with Gasteiger partial charge in [-0.3, -0.25) is 4.79 Å². The molecular formula is C18H17F3N4O. The van der Waals surface area contributed by atoms with Gasteiger partial charge < -0.3 is 5.32 Å². The predicted octanol–water partition coefficient (Wildman–Crippen LogP) is 4.27. The van der Waals surface area contributed by atoms with Crippen LogP contribution in [0.1, 0.15) is 29.7 Å². The number of alkyl halides is 3. The molecule has 1 amide bonds. The number of nitrogens with zero attached hydrogens (tertiary/aromatic N) is 3. The van der Waals surface area contributed by atoms with Crippen molar-refractivity contribution in [2.45, 2.75) is 33.0 Å². The summed E-state index contributed by atoms with van der Waals surface area (Å²) in [4.78, 5) is 12.5. The van der Waals surface area contributed by atoms with Gasteiger partial charge in [-0.15, -0.1) is 5.10 Å². The average Bonchev–Trinajstić information content (AvgIpc) is 2.96. The quantitative estimate of drug-likeness (QED) is 0.757. The number of rotatable bonds is 3. The van der Waals surface area contributed by atoms with Crippen molar-refractivity contribution in [2.24, 2.45) is 0 Å². The fourth-order valence-electron chi connectivity index (χ4n) is 2.67. The van der Waals surface area contributed by atoms with Gasteiger partial charge in [0.05, 0.1) is 16.8 Å². The summed E-state index contributed by atoms with van der Waals surface area (Å²) in [6.45, 7) is 5.43. The maximum atomic E-state index is 13.1. The molecule has 3 rings (SSSR count). The van der Waals surface area contributed by atoms with Crippen molar-refractivity contribution >= 4 is 22.6 Å². The molecule has 0 spiro atoms. The number of anilines is 1. The number of para-hydroxylation sites is 1. The van der Waals surface area contributed by atoms with E-state index in [1.807, 2.05) is 26.0 Å². The molecule has 0 radical (unpaired) electrons. The fourth-order valence-corrected chi connectivity index (χ4v) is 2.67. The van der Waals surface area contributed by atoms with Gasteiger partial charge >= 0.3 is 6.18 Å². The molecule has 0 aliphatic rings. The first-order chi connectivity index (χ1) is 12.2. The van der Waals surface area contributed by atoms with Crippen LogP contribution >= 0.6 is 0 Å². The van der Waals surface area contributed by atoms with Crippen molar-refractivity contribution in [1.82, 2.24) is 15.0 Å². The van der Waals surface area contributed by atoms with Crippen LogP contribution in [0.4, 0.5) is 18.9 Å². The molecule has 0 fully saturated rings. The maximum absolute atomic E-state index is 13.1. The Morgan fingerprint density at radius 3 is 2.50 bits per heavy atom. The summed E-state index contributed by atoms with van der Waals surface area (Å²) in [5.74, 6) is -0.605. The Bertz CT molecular complexity index is 978. The molecule has 0 bridgehead atoms. The minimum absolute atomic E-state index is 0.284. The molecule has 1 heterocycles. The summed E-state index contributed by atoms with van der Waals surface area (Å²) in [6, 6.07) is 7.75. The lowest BCUT2D eigenvalue weighted by Crippen LogP contribution is -2.25. The van der Waals surface area contributed by atoms with E-state index in [0.717, 1.165) is 17.2 Å². The first-order valence-electron chi connectivity index (χ1n) is 7.97. The van der Waals surface area contributed by atoms with Crippen molar-refractivity contribution < 1.29 is 18.0 Å². The zero-order valence-electron chi connectivity index (χ0n) is 14.4. The molecule has 0 aliphatic carbocycles. The fraction of sp³-hybridized carbons (Fsp3) is 0.278. The van der Waals surface area contributed by atoms with Gasteiger partial charge in [-0.05, 0) is 56.2 Å². The Hall–Kier alpha value is -2.90. The first-order valence-corrected chi connectivity index (χ1v) is 7.97. The van der Waals surface area contributed by atoms with Gasteiger partial charge in [0.1, 0.15) is 11.6 Å². The van der Waals surface area contributed by atoms with Gasteiger partial charge in [0.25, 0.3) is 0 Å². The molecule has 1 aromatic heterocycles. The molecule has 0 saturated carbocycles. The van der Waals surface area contributed by atoms with Gasteiger partial charge in [-0.2, -0.15) is 13.2 Å². The van der Waals surface area contributed by atoms with Crippen molar-refractivity contribution in [3.8, 4) is 0 Å². The molecular weight excluding hydrogens is 345 g/mol. The minimum atomic E-state index is -4.55. The number of halogens is 3. The summed E-state index contributed by atoms with van der Waals surface area (Å²) < 4.78 is 40.7. The van der Waals surface area contributed by atoms with E-state index in [1.165, 1.54) is 22.9 Å². The molecule has 8 heteroatoms. The van der Waals surface area contributed by atoms with E-state index in [0.29, 0.717) is 11.0 Å². The lowest BCUT2D eigenvalue weighted by atomic mass is 10.1. The number of hydrogen-bond donors (Lipinski definition) is 1. The van der Waals surface area contributed by atoms with Crippen LogP contribution < -0.4 is 5.32 Å². The summed E-state index contributed by atoms with van der Waals surface area (Å²) in [6.07, 6.45) is -4.55. The standard InChI is InChI=1S/C18H17F3N4O/c1-10-8-15-16(9-11(10)2)25(24-23-15)12(3)17(26)22-14-7-5-4-6-13(14)18(19,20)21/h4-9,12H,1-3H3,(H,22,26). The Kier molecular flexibility index (Phi) is 4.43. The lowest BCUT2D eigenvalue weighted by molar-refractivity contribution is -0.137. The Labute approximate surface area is 147 Å². The van der Waals surface area contributed by atoms with Crippen LogP contribution in [0.25, 0.3) is 11.0 Å². The van der Waals surface area contributed by atoms with Gasteiger partial charge in [-0.25, -0.2) is 4.68 Å². The van der Waals surface area contributed by atoms with E-state index in [2.05, 4.69) is 15.6 Å². The lowest BCUT2D eigenvalue weighted by Gasteiger charge is -2.17. The maximum Gasteiger partial charge on any atom is 0.418 e. The van der Waals surface area contributed by atoms with E-state index < -0.39 is 23.7 Å². The Morgan fingerprint density at radius 1 is 1.15 bits per heavy atom. The number of amides is 1. The van der Waals surface area contributed by atoms with Gasteiger partial charge in [-0.1, -0.05) is 17.3 Å². The van der Waals surface area contributed by atoms with Crippen LogP contribution in [-0.4, -0.2) is 20.9 Å². The van der Waals surface area contributed by atoms with Crippen LogP contribution in [0.3, 0.4) is 0 Å². The number of carbonyl (C=O) groups is 1. The Balaban J connectivity index is 1.91. The first kappa shape index (κ1) is 17.9. The van der Waals surface area contributed by atoms with Gasteiger partial charge in [0.15, 0.2) is 0 Å². The smallest absolute Gasteiger partial charge is 0.324 e. The summed E-state index contributed by atoms with van der Waals surface area (Å²) in [5, 5.41) is 10.4. The highest BCUT2D eigenvalue weighted by Gasteiger charge is 2.34. The third kappa shape index (κ3) is 3.26. The largest absolute Gasteiger partial charge is 0.418 e. The zero-order chi connectivity index (χ0) is 19.1. The summed E-state index contributed by atoms with van der Waals surface area (Å²) >= 11 is 0. The van der Waals surface area contributed by atoms with Crippen LogP contribution in [-0.2, 0) is 11.0 Å². The highest BCUT2D eigenvalue weighted by Crippen LogP contribution is 2.34. The van der Waals surface area contributed by atoms with Crippen LogP contribution in [0.15, 0.2) is 36.4 Å². The van der Waals surface area contributed by atoms with Gasteiger partial charge in [0.2, 0.25) is 5.91 Å². The minimum Gasteiger partial charge on any atom is -0.324 e. The average molecular weight is 362 g/mol. The molecule has 26 heavy (non-hydrogen) atoms. The molecule has 5 nitrogen and oxygen atoms in total. The second-order valence-corrected chi connectivity index (χ2v) is 6.17. The molecule has 2 aromatic carbocycles. The van der Waals surface area contributed by atoms with Crippen LogP contribution in [0.2, 0.25) is 0 Å². The zero-order valence-corrected chi connectivity index (χ0v) is 14.4. The number of fused-ring (bicyclic) bond motifs is 1. The third-order valence-corrected chi connectivity index (χ3v) is 4.32. The molecule has 1 N–H and O–H groups in total. The topological polar surface area (TPSA) is 59.8 Å². The number of aromatic nitrogens is 3. The van der Waals surface area contributed by atoms with Crippen molar-refractivity contribution in [1.29, 1.82) is 0 Å². The van der Waals surface area contributed by atoms with E-state index in [-0.39, 0.29) is 5.69 Å². The number of hydrogen-bond acceptors (Lipinski definition) is 3. The van der Waals surface area contributed by atoms with Gasteiger partial charge in [0, 0.05) is 0 Å². The van der Waals surface area contributed by atoms with Crippen LogP contribution in [0.5, 0.6) is 0 Å². The SMILES string of the molecule is Cc1cc2nnn(C(C)C(=O)Nc3ccccc3C(F)(F)F)c2cc1C. The number of carbonyl (C=O) groups excluding carboxylic acids is 1. The van der Waals surface area contributed by atoms with Crippen molar-refractivity contribution in [3.63, 3.8) is 0 Å². The highest BCUT2D eigenvalue weighted by molar-refractivity contribution is 5.95. The number of aryl methyl sites for hydroxylation is 2. The monoisotopic (exact) mass is 362 g/mol. The highest BCUT2D eigenvalue weighted by atomic mass is 19.4. The number of benzene rings is 2. The molecule has 3 aromatic rings. The van der Waals surface area contributed by atoms with E-state index in [1.54, 1.807) is 6.92 Å². The molecule has 0 aliphatic heterocycles. The normalized spacial score (nSPS) is 13.0. The number of nitrogens with one attached hydrogen (secondary N) is 1. The van der Waals surface area contributed by atoms with E-state index in [4.69, 9.17) is 0 Å². The second-order valence-electron chi connectivity index (χ2n) is 6.17. The molecule has 136 valence electrons. The van der Waals surface area contributed by atoms with E-state index >= 15 is 0 Å². The van der Waals surface area contributed by atoms with Crippen LogP contribution in [0, 0.1) is 13.8 Å². The van der Waals surface area contributed by atoms with E-state index in [9.17, 15) is 18.0 Å². The van der Waals surface area contributed by atoms with Crippen molar-refractivity contribution in [2.75, 3.05) is 5.32 Å². The molecule has 0 saturated heterocycles. The second kappa shape index (κ2) is 6.44. The summed E-state index contributed by atoms with van der Waals surface area (Å²) in [5.41, 5.74) is 2.16. The third-order valence-electron chi connectivity index (χ3n) is 4.32. The summed E-state index contributed by atoms with van der Waals surface area (Å²) in [7, 11) is 0. The molecule has 1 atom stereocenters.